The van der Waals surface area contributed by atoms with E-state index in [9.17, 15) is 19.8 Å². The van der Waals surface area contributed by atoms with Crippen molar-refractivity contribution in [2.45, 2.75) is 463 Å². The van der Waals surface area contributed by atoms with Crippen LogP contribution in [-0.4, -0.2) is 47.4 Å². The number of nitrogens with one attached hydrogen (secondary N) is 1. The number of hydrogen-bond acceptors (Lipinski definition) is 5. The topological polar surface area (TPSA) is 95.9 Å². The predicted octanol–water partition coefficient (Wildman–Crippen LogP) is 24.9. The number of hydrogen-bond donors (Lipinski definition) is 3. The summed E-state index contributed by atoms with van der Waals surface area (Å²) in [7, 11) is 0. The Morgan fingerprint density at radius 3 is 0.744 bits per heavy atom. The first-order valence-electron chi connectivity index (χ1n) is 38.3. The largest absolute Gasteiger partial charge is 0.466 e. The van der Waals surface area contributed by atoms with Crippen LogP contribution in [0.2, 0.25) is 0 Å². The van der Waals surface area contributed by atoms with Gasteiger partial charge >= 0.3 is 5.97 Å². The molecule has 0 aliphatic heterocycles. The molecule has 6 heteroatoms. The summed E-state index contributed by atoms with van der Waals surface area (Å²) in [6, 6.07) is -0.537. The maximum atomic E-state index is 12.5. The number of carbonyl (C=O) groups is 2. The van der Waals surface area contributed by atoms with Crippen LogP contribution < -0.4 is 5.32 Å². The molecule has 6 nitrogen and oxygen atoms in total. The Morgan fingerprint density at radius 2 is 0.500 bits per heavy atom. The maximum Gasteiger partial charge on any atom is 0.305 e. The second-order valence-corrected chi connectivity index (χ2v) is 26.7. The molecular weight excluding hydrogens is 1010 g/mol. The molecule has 490 valence electrons. The fourth-order valence-electron chi connectivity index (χ4n) is 12.6. The molecule has 0 saturated heterocycles. The zero-order valence-corrected chi connectivity index (χ0v) is 56.3. The van der Waals surface area contributed by atoms with Gasteiger partial charge in [-0.15, -0.1) is 0 Å². The lowest BCUT2D eigenvalue weighted by Gasteiger charge is -2.22. The van der Waals surface area contributed by atoms with Crippen LogP contribution in [0.1, 0.15) is 450 Å². The molecule has 0 aromatic heterocycles. The van der Waals surface area contributed by atoms with Gasteiger partial charge in [0.2, 0.25) is 5.91 Å². The van der Waals surface area contributed by atoms with Gasteiger partial charge in [0.1, 0.15) is 0 Å². The second-order valence-electron chi connectivity index (χ2n) is 26.7. The Bertz CT molecular complexity index is 1200. The normalized spacial score (nSPS) is 12.4. The first kappa shape index (κ1) is 80.9. The van der Waals surface area contributed by atoms with Crippen molar-refractivity contribution in [1.82, 2.24) is 5.32 Å². The van der Waals surface area contributed by atoms with Crippen LogP contribution in [0, 0.1) is 0 Å². The molecule has 0 rings (SSSR count). The minimum atomic E-state index is -0.660. The van der Waals surface area contributed by atoms with Crippen molar-refractivity contribution in [3.63, 3.8) is 0 Å². The van der Waals surface area contributed by atoms with Gasteiger partial charge in [0, 0.05) is 12.8 Å². The Morgan fingerprint density at radius 1 is 0.293 bits per heavy atom. The van der Waals surface area contributed by atoms with E-state index in [0.717, 1.165) is 38.5 Å². The number of amides is 1. The smallest absolute Gasteiger partial charge is 0.305 e. The first-order valence-corrected chi connectivity index (χ1v) is 38.3. The highest BCUT2D eigenvalue weighted by atomic mass is 16.5. The van der Waals surface area contributed by atoms with E-state index in [-0.39, 0.29) is 18.5 Å². The van der Waals surface area contributed by atoms with Crippen molar-refractivity contribution in [3.05, 3.63) is 0 Å². The van der Waals surface area contributed by atoms with Crippen LogP contribution in [0.4, 0.5) is 0 Å². The number of unbranched alkanes of at least 4 members (excludes halogenated alkanes) is 62. The molecule has 0 aliphatic carbocycles. The minimum Gasteiger partial charge on any atom is -0.466 e. The molecule has 0 heterocycles. The van der Waals surface area contributed by atoms with Gasteiger partial charge in [0.25, 0.3) is 0 Å². The van der Waals surface area contributed by atoms with Crippen molar-refractivity contribution >= 4 is 11.9 Å². The van der Waals surface area contributed by atoms with E-state index in [2.05, 4.69) is 19.2 Å². The van der Waals surface area contributed by atoms with Crippen LogP contribution in [0.5, 0.6) is 0 Å². The lowest BCUT2D eigenvalue weighted by Crippen LogP contribution is -2.45. The van der Waals surface area contributed by atoms with Crippen molar-refractivity contribution in [3.8, 4) is 0 Å². The molecule has 0 aliphatic rings. The van der Waals surface area contributed by atoms with Crippen LogP contribution >= 0.6 is 0 Å². The fraction of sp³-hybridized carbons (Fsp3) is 0.974. The first-order chi connectivity index (χ1) is 40.5. The van der Waals surface area contributed by atoms with E-state index in [1.807, 2.05) is 0 Å². The molecule has 0 spiro atoms. The summed E-state index contributed by atoms with van der Waals surface area (Å²) in [6.07, 6.45) is 89.0. The van der Waals surface area contributed by atoms with Crippen LogP contribution in [0.3, 0.4) is 0 Å². The molecule has 0 aromatic rings. The summed E-state index contributed by atoms with van der Waals surface area (Å²) in [5.41, 5.74) is 0. The second kappa shape index (κ2) is 72.3. The number of carbonyl (C=O) groups excluding carboxylic acids is 2. The van der Waals surface area contributed by atoms with E-state index < -0.39 is 12.1 Å². The van der Waals surface area contributed by atoms with Crippen molar-refractivity contribution < 1.29 is 24.5 Å². The van der Waals surface area contributed by atoms with E-state index in [0.29, 0.717) is 25.9 Å². The summed E-state index contributed by atoms with van der Waals surface area (Å²) >= 11 is 0. The van der Waals surface area contributed by atoms with Crippen molar-refractivity contribution in [2.24, 2.45) is 0 Å². The van der Waals surface area contributed by atoms with Gasteiger partial charge in [0.05, 0.1) is 25.4 Å². The molecule has 2 unspecified atom stereocenters. The molecule has 3 N–H and O–H groups in total. The average Bonchev–Trinajstić information content (AvgIpc) is 3.48. The molecule has 0 bridgehead atoms. The van der Waals surface area contributed by atoms with E-state index in [4.69, 9.17) is 4.74 Å². The summed E-state index contributed by atoms with van der Waals surface area (Å²) in [4.78, 5) is 24.6. The average molecular weight is 1160 g/mol. The minimum absolute atomic E-state index is 0.0262. The summed E-state index contributed by atoms with van der Waals surface area (Å²) in [5, 5.41) is 23.4. The third-order valence-corrected chi connectivity index (χ3v) is 18.4. The highest BCUT2D eigenvalue weighted by Gasteiger charge is 2.20. The monoisotopic (exact) mass is 1160 g/mol. The number of esters is 1. The highest BCUT2D eigenvalue weighted by Crippen LogP contribution is 2.20. The number of ether oxygens (including phenoxy) is 1. The van der Waals surface area contributed by atoms with Gasteiger partial charge in [-0.3, -0.25) is 9.59 Å². The third-order valence-electron chi connectivity index (χ3n) is 18.4. The molecular formula is C76H151NO5. The molecule has 0 radical (unpaired) electrons. The SMILES string of the molecule is CCCCCCCCCCCCCCCCCCCCC(=O)OCCCCCCCCCCCCCCCCCCCCCCCCCCCCCCCCCC(=O)NC(CO)C(O)CCCCCCCCCCCCCCCCCC. The number of aliphatic hydroxyl groups is 2. The van der Waals surface area contributed by atoms with Crippen LogP contribution in [0.15, 0.2) is 0 Å². The van der Waals surface area contributed by atoms with Gasteiger partial charge in [-0.25, -0.2) is 0 Å². The number of rotatable bonds is 73. The zero-order valence-electron chi connectivity index (χ0n) is 56.3. The Labute approximate surface area is 515 Å². The van der Waals surface area contributed by atoms with E-state index >= 15 is 0 Å². The maximum absolute atomic E-state index is 12.5. The van der Waals surface area contributed by atoms with Gasteiger partial charge in [-0.2, -0.15) is 0 Å². The third kappa shape index (κ3) is 68.0. The highest BCUT2D eigenvalue weighted by molar-refractivity contribution is 5.76. The quantitative estimate of drug-likeness (QED) is 0.0417. The Balaban J connectivity index is 3.30. The fourth-order valence-corrected chi connectivity index (χ4v) is 12.6. The standard InChI is InChI=1S/C76H151NO5/c1-3-5-7-9-11-13-15-17-19-21-38-42-46-50-54-58-62-66-70-76(81)82-71-67-63-59-55-51-47-43-39-36-34-32-30-28-26-24-22-23-25-27-29-31-33-35-37-41-45-49-53-57-61-65-69-75(80)77-73(72-78)74(79)68-64-60-56-52-48-44-40-20-18-16-14-12-10-8-6-4-2/h73-74,78-79H,3-72H2,1-2H3,(H,77,80). The molecule has 0 aromatic carbocycles. The van der Waals surface area contributed by atoms with Gasteiger partial charge in [-0.05, 0) is 25.7 Å². The van der Waals surface area contributed by atoms with E-state index in [1.54, 1.807) is 0 Å². The van der Waals surface area contributed by atoms with Gasteiger partial charge in [-0.1, -0.05) is 412 Å². The van der Waals surface area contributed by atoms with Crippen molar-refractivity contribution in [1.29, 1.82) is 0 Å². The van der Waals surface area contributed by atoms with Gasteiger partial charge in [0.15, 0.2) is 0 Å². The molecule has 0 saturated carbocycles. The molecule has 82 heavy (non-hydrogen) atoms. The lowest BCUT2D eigenvalue weighted by molar-refractivity contribution is -0.143. The van der Waals surface area contributed by atoms with E-state index in [1.165, 1.54) is 379 Å². The predicted molar refractivity (Wildman–Crippen MR) is 361 cm³/mol. The van der Waals surface area contributed by atoms with Crippen molar-refractivity contribution in [2.75, 3.05) is 13.2 Å². The summed E-state index contributed by atoms with van der Waals surface area (Å²) < 4.78 is 5.52. The van der Waals surface area contributed by atoms with Crippen LogP contribution in [-0.2, 0) is 14.3 Å². The Kier molecular flexibility index (Phi) is 71.3. The number of aliphatic hydroxyl groups excluding tert-OH is 2. The molecule has 1 amide bonds. The molecule has 0 fully saturated rings. The lowest BCUT2D eigenvalue weighted by atomic mass is 10.0. The Hall–Kier alpha value is -1.14. The zero-order chi connectivity index (χ0) is 59.2. The van der Waals surface area contributed by atoms with Gasteiger partial charge < -0.3 is 20.3 Å². The summed E-state index contributed by atoms with van der Waals surface area (Å²) in [5.74, 6) is 0.000329. The summed E-state index contributed by atoms with van der Waals surface area (Å²) in [6.45, 7) is 5.01. The van der Waals surface area contributed by atoms with Crippen LogP contribution in [0.25, 0.3) is 0 Å². The molecule has 2 atom stereocenters.